The maximum Gasteiger partial charge on any atom is 0.331 e. The fraction of sp³-hybridized carbons (Fsp3) is 0.765. The van der Waals surface area contributed by atoms with Crippen molar-refractivity contribution in [3.8, 4) is 0 Å². The summed E-state index contributed by atoms with van der Waals surface area (Å²) in [5, 5.41) is 17.8. The molecule has 0 aromatic rings. The summed E-state index contributed by atoms with van der Waals surface area (Å²) in [5.74, 6) is -3.25. The number of carboxylic acids is 2. The summed E-state index contributed by atoms with van der Waals surface area (Å²) in [6, 6.07) is 0. The lowest BCUT2D eigenvalue weighted by molar-refractivity contribution is -0.144. The van der Waals surface area contributed by atoms with E-state index in [2.05, 4.69) is 13.5 Å². The average Bonchev–Trinajstić information content (AvgIpc) is 2.43. The molecule has 1 unspecified atom stereocenters. The van der Waals surface area contributed by atoms with Crippen molar-refractivity contribution < 1.29 is 19.8 Å². The van der Waals surface area contributed by atoms with E-state index in [1.54, 1.807) is 0 Å². The number of unbranched alkanes of at least 4 members (excludes halogenated alkanes) is 9. The smallest absolute Gasteiger partial charge is 0.331 e. The zero-order valence-corrected chi connectivity index (χ0v) is 13.3. The van der Waals surface area contributed by atoms with Crippen molar-refractivity contribution in [1.29, 1.82) is 0 Å². The zero-order valence-electron chi connectivity index (χ0n) is 13.3. The molecule has 1 atom stereocenters. The molecule has 0 bridgehead atoms. The molecular formula is C17H30O4. The minimum Gasteiger partial charge on any atom is -0.481 e. The predicted molar refractivity (Wildman–Crippen MR) is 84.4 cm³/mol. The molecule has 0 heterocycles. The van der Waals surface area contributed by atoms with Crippen LogP contribution in [0.2, 0.25) is 0 Å². The van der Waals surface area contributed by atoms with Gasteiger partial charge in [0.15, 0.2) is 0 Å². The number of hydrogen-bond acceptors (Lipinski definition) is 2. The summed E-state index contributed by atoms with van der Waals surface area (Å²) in [4.78, 5) is 21.8. The Balaban J connectivity index is 3.62. The van der Waals surface area contributed by atoms with E-state index in [0.717, 1.165) is 19.3 Å². The van der Waals surface area contributed by atoms with Gasteiger partial charge in [0.25, 0.3) is 0 Å². The molecule has 21 heavy (non-hydrogen) atoms. The highest BCUT2D eigenvalue weighted by Gasteiger charge is 2.24. The number of rotatable bonds is 14. The van der Waals surface area contributed by atoms with Crippen LogP contribution in [0.3, 0.4) is 0 Å². The van der Waals surface area contributed by atoms with Crippen molar-refractivity contribution in [3.05, 3.63) is 12.2 Å². The fourth-order valence-electron chi connectivity index (χ4n) is 2.43. The molecule has 0 aliphatic rings. The molecular weight excluding hydrogens is 268 g/mol. The van der Waals surface area contributed by atoms with Gasteiger partial charge in [-0.25, -0.2) is 4.79 Å². The normalized spacial score (nSPS) is 12.0. The summed E-state index contributed by atoms with van der Waals surface area (Å²) < 4.78 is 0. The summed E-state index contributed by atoms with van der Waals surface area (Å²) >= 11 is 0. The molecule has 2 N–H and O–H groups in total. The second-order valence-electron chi connectivity index (χ2n) is 5.69. The van der Waals surface area contributed by atoms with Gasteiger partial charge in [0.1, 0.15) is 0 Å². The van der Waals surface area contributed by atoms with Gasteiger partial charge in [0, 0.05) is 5.57 Å². The minimum absolute atomic E-state index is 0.210. The molecule has 0 fully saturated rings. The van der Waals surface area contributed by atoms with Crippen molar-refractivity contribution in [1.82, 2.24) is 0 Å². The van der Waals surface area contributed by atoms with Crippen LogP contribution in [0.4, 0.5) is 0 Å². The van der Waals surface area contributed by atoms with Gasteiger partial charge >= 0.3 is 11.9 Å². The summed E-state index contributed by atoms with van der Waals surface area (Å²) in [7, 11) is 0. The Bertz CT molecular complexity index is 323. The van der Waals surface area contributed by atoms with Gasteiger partial charge in [0.2, 0.25) is 0 Å². The number of hydrogen-bond donors (Lipinski definition) is 2. The van der Waals surface area contributed by atoms with Crippen molar-refractivity contribution in [2.45, 2.75) is 77.6 Å². The number of carbonyl (C=O) groups is 2. The van der Waals surface area contributed by atoms with Crippen molar-refractivity contribution >= 4 is 11.9 Å². The highest BCUT2D eigenvalue weighted by Crippen LogP contribution is 2.19. The van der Waals surface area contributed by atoms with Gasteiger partial charge in [-0.2, -0.15) is 0 Å². The highest BCUT2D eigenvalue weighted by molar-refractivity contribution is 5.93. The van der Waals surface area contributed by atoms with E-state index < -0.39 is 17.9 Å². The molecule has 0 saturated heterocycles. The van der Waals surface area contributed by atoms with E-state index >= 15 is 0 Å². The molecule has 0 aliphatic heterocycles. The lowest BCUT2D eigenvalue weighted by atomic mass is 9.93. The first-order chi connectivity index (χ1) is 10.0. The first-order valence-electron chi connectivity index (χ1n) is 8.15. The molecule has 0 aromatic heterocycles. The van der Waals surface area contributed by atoms with Crippen LogP contribution >= 0.6 is 0 Å². The van der Waals surface area contributed by atoms with E-state index in [1.807, 2.05) is 0 Å². The zero-order chi connectivity index (χ0) is 16.1. The molecule has 122 valence electrons. The lowest BCUT2D eigenvalue weighted by Crippen LogP contribution is -2.20. The monoisotopic (exact) mass is 298 g/mol. The van der Waals surface area contributed by atoms with E-state index in [9.17, 15) is 9.59 Å². The number of aliphatic carboxylic acids is 2. The van der Waals surface area contributed by atoms with Crippen molar-refractivity contribution in [2.75, 3.05) is 0 Å². The van der Waals surface area contributed by atoms with Gasteiger partial charge in [-0.3, -0.25) is 4.79 Å². The Kier molecular flexibility index (Phi) is 11.6. The predicted octanol–water partition coefficient (Wildman–Crippen LogP) is 4.64. The third-order valence-corrected chi connectivity index (χ3v) is 3.84. The van der Waals surface area contributed by atoms with Crippen LogP contribution in [0.5, 0.6) is 0 Å². The number of carboxylic acid groups (broad SMARTS) is 2. The first kappa shape index (κ1) is 19.7. The Morgan fingerprint density at radius 2 is 1.29 bits per heavy atom. The van der Waals surface area contributed by atoms with Crippen LogP contribution in [0.15, 0.2) is 12.2 Å². The van der Waals surface area contributed by atoms with Crippen LogP contribution in [0.25, 0.3) is 0 Å². The SMILES string of the molecule is C=C(C(=O)O)C(CCCCCCCCCCCC)C(=O)O. The van der Waals surface area contributed by atoms with Gasteiger partial charge < -0.3 is 10.2 Å². The molecule has 0 rings (SSSR count). The summed E-state index contributed by atoms with van der Waals surface area (Å²) in [6.07, 6.45) is 12.1. The molecule has 0 saturated carbocycles. The minimum atomic E-state index is -1.21. The van der Waals surface area contributed by atoms with E-state index in [-0.39, 0.29) is 5.57 Å². The molecule has 0 amide bonds. The maximum atomic E-state index is 11.0. The molecule has 0 radical (unpaired) electrons. The lowest BCUT2D eigenvalue weighted by Gasteiger charge is -2.11. The Labute approximate surface area is 128 Å². The first-order valence-corrected chi connectivity index (χ1v) is 8.15. The highest BCUT2D eigenvalue weighted by atomic mass is 16.4. The van der Waals surface area contributed by atoms with Crippen molar-refractivity contribution in [2.24, 2.45) is 5.92 Å². The van der Waals surface area contributed by atoms with E-state index in [4.69, 9.17) is 10.2 Å². The van der Waals surface area contributed by atoms with Crippen LogP contribution in [-0.4, -0.2) is 22.2 Å². The molecule has 4 heteroatoms. The maximum absolute atomic E-state index is 11.0. The summed E-state index contributed by atoms with van der Waals surface area (Å²) in [5.41, 5.74) is -0.210. The quantitative estimate of drug-likeness (QED) is 0.362. The molecule has 0 aromatic carbocycles. The second-order valence-corrected chi connectivity index (χ2v) is 5.69. The average molecular weight is 298 g/mol. The molecule has 4 nitrogen and oxygen atoms in total. The largest absolute Gasteiger partial charge is 0.481 e. The van der Waals surface area contributed by atoms with Crippen LogP contribution in [0, 0.1) is 5.92 Å². The van der Waals surface area contributed by atoms with Gasteiger partial charge in [0.05, 0.1) is 5.92 Å². The second kappa shape index (κ2) is 12.4. The van der Waals surface area contributed by atoms with E-state index in [1.165, 1.54) is 44.9 Å². The van der Waals surface area contributed by atoms with Crippen LogP contribution < -0.4 is 0 Å². The van der Waals surface area contributed by atoms with Crippen molar-refractivity contribution in [3.63, 3.8) is 0 Å². The Morgan fingerprint density at radius 1 is 0.857 bits per heavy atom. The van der Waals surface area contributed by atoms with Crippen LogP contribution in [0.1, 0.15) is 77.6 Å². The Morgan fingerprint density at radius 3 is 1.67 bits per heavy atom. The van der Waals surface area contributed by atoms with Gasteiger partial charge in [-0.1, -0.05) is 77.7 Å². The standard InChI is InChI=1S/C17H30O4/c1-3-4-5-6-7-8-9-10-11-12-13-15(17(20)21)14(2)16(18)19/h15H,2-13H2,1H3,(H,18,19)(H,20,21). The topological polar surface area (TPSA) is 74.6 Å². The van der Waals surface area contributed by atoms with Crippen LogP contribution in [-0.2, 0) is 9.59 Å². The van der Waals surface area contributed by atoms with Gasteiger partial charge in [-0.05, 0) is 6.42 Å². The van der Waals surface area contributed by atoms with Gasteiger partial charge in [-0.15, -0.1) is 0 Å². The molecule has 0 aliphatic carbocycles. The van der Waals surface area contributed by atoms with E-state index in [0.29, 0.717) is 6.42 Å². The molecule has 0 spiro atoms. The third-order valence-electron chi connectivity index (χ3n) is 3.84. The fourth-order valence-corrected chi connectivity index (χ4v) is 2.43. The summed E-state index contributed by atoms with van der Waals surface area (Å²) in [6.45, 7) is 5.57. The Hall–Kier alpha value is -1.32. The third kappa shape index (κ3) is 10.1.